The lowest BCUT2D eigenvalue weighted by atomic mass is 9.93. The fourth-order valence-corrected chi connectivity index (χ4v) is 5.15. The first-order valence-electron chi connectivity index (χ1n) is 10.9. The molecule has 3 aromatic rings. The molecule has 1 amide bonds. The Labute approximate surface area is 193 Å². The molecular weight excluding hydrogens is 451 g/mol. The van der Waals surface area contributed by atoms with Gasteiger partial charge in [-0.05, 0) is 43.9 Å². The fourth-order valence-electron chi connectivity index (χ4n) is 5.15. The number of likely N-dealkylation sites (tertiary alicyclic amines) is 1. The highest BCUT2D eigenvalue weighted by atomic mass is 19.4. The average Bonchev–Trinajstić information content (AvgIpc) is 3.55. The monoisotopic (exact) mass is 473 g/mol. The number of hydrogen-bond acceptors (Lipinski definition) is 6. The molecule has 1 aliphatic carbocycles. The van der Waals surface area contributed by atoms with Crippen molar-refractivity contribution < 1.29 is 27.8 Å². The predicted molar refractivity (Wildman–Crippen MR) is 113 cm³/mol. The Hall–Kier alpha value is -3.47. The largest absolute Gasteiger partial charge is 0.472 e. The fraction of sp³-hybridized carbons (Fsp3) is 0.391. The van der Waals surface area contributed by atoms with Gasteiger partial charge in [0.05, 0.1) is 47.4 Å². The van der Waals surface area contributed by atoms with Crippen molar-refractivity contribution in [2.45, 2.75) is 50.2 Å². The zero-order valence-electron chi connectivity index (χ0n) is 18.1. The molecule has 2 aromatic heterocycles. The summed E-state index contributed by atoms with van der Waals surface area (Å²) in [6, 6.07) is 8.28. The van der Waals surface area contributed by atoms with Gasteiger partial charge in [-0.15, -0.1) is 0 Å². The number of hydrogen-bond donors (Lipinski definition) is 1. The minimum atomic E-state index is -4.48. The summed E-state index contributed by atoms with van der Waals surface area (Å²) in [6.07, 6.45) is -0.761. The summed E-state index contributed by atoms with van der Waals surface area (Å²) < 4.78 is 44.5. The lowest BCUT2D eigenvalue weighted by Gasteiger charge is -2.40. The normalized spacial score (nSPS) is 24.9. The van der Waals surface area contributed by atoms with E-state index < -0.39 is 30.0 Å². The molecule has 1 saturated carbocycles. The van der Waals surface area contributed by atoms with Crippen molar-refractivity contribution >= 4 is 5.91 Å². The molecule has 5 atom stereocenters. The Morgan fingerprint density at radius 2 is 1.88 bits per heavy atom. The van der Waals surface area contributed by atoms with E-state index in [4.69, 9.17) is 4.74 Å². The minimum absolute atomic E-state index is 0.0108. The number of carbonyl (C=O) groups excluding carboxylic acids is 1. The van der Waals surface area contributed by atoms with Crippen LogP contribution in [0.3, 0.4) is 0 Å². The van der Waals surface area contributed by atoms with Crippen LogP contribution in [-0.2, 0) is 6.18 Å². The number of aromatic nitrogens is 4. The van der Waals surface area contributed by atoms with Crippen molar-refractivity contribution in [2.24, 2.45) is 5.92 Å². The number of para-hydroxylation sites is 1. The zero-order chi connectivity index (χ0) is 24.0. The average molecular weight is 473 g/mol. The third kappa shape index (κ3) is 3.89. The van der Waals surface area contributed by atoms with Crippen LogP contribution in [0.4, 0.5) is 13.2 Å². The van der Waals surface area contributed by atoms with E-state index in [2.05, 4.69) is 15.2 Å². The molecule has 178 valence electrons. The highest BCUT2D eigenvalue weighted by Gasteiger charge is 2.56. The molecule has 5 rings (SSSR count). The third-order valence-corrected chi connectivity index (χ3v) is 6.50. The molecule has 0 radical (unpaired) electrons. The number of pyridine rings is 1. The maximum atomic E-state index is 13.8. The van der Waals surface area contributed by atoms with E-state index in [1.165, 1.54) is 23.3 Å². The lowest BCUT2D eigenvalue weighted by Crippen LogP contribution is -2.55. The van der Waals surface area contributed by atoms with Crippen LogP contribution in [0.15, 0.2) is 55.0 Å². The van der Waals surface area contributed by atoms with Crippen molar-refractivity contribution in [1.29, 1.82) is 0 Å². The second kappa shape index (κ2) is 8.39. The van der Waals surface area contributed by atoms with Crippen LogP contribution >= 0.6 is 0 Å². The van der Waals surface area contributed by atoms with Gasteiger partial charge in [0, 0.05) is 12.3 Å². The zero-order valence-corrected chi connectivity index (χ0v) is 18.1. The van der Waals surface area contributed by atoms with Crippen LogP contribution in [0.5, 0.6) is 5.88 Å². The summed E-state index contributed by atoms with van der Waals surface area (Å²) in [5, 5.41) is 18.7. The molecule has 1 unspecified atom stereocenters. The second-order valence-electron chi connectivity index (χ2n) is 8.62. The van der Waals surface area contributed by atoms with Gasteiger partial charge in [0.25, 0.3) is 5.91 Å². The SMILES string of the molecule is CC(O)[C@@H]1[C@H]2C[C@@H](Oc3ccc(C(F)(F)F)cn3)[C@H](C2)N1C(=O)c1ccccc1-n1nccn1. The quantitative estimate of drug-likeness (QED) is 0.612. The summed E-state index contributed by atoms with van der Waals surface area (Å²) in [6.45, 7) is 1.65. The van der Waals surface area contributed by atoms with E-state index in [-0.39, 0.29) is 23.7 Å². The van der Waals surface area contributed by atoms with E-state index in [9.17, 15) is 23.1 Å². The molecule has 1 aromatic carbocycles. The first kappa shape index (κ1) is 22.3. The molecule has 3 heterocycles. The molecule has 0 spiro atoms. The Kier molecular flexibility index (Phi) is 5.51. The Balaban J connectivity index is 1.42. The topological polar surface area (TPSA) is 93.4 Å². The van der Waals surface area contributed by atoms with Crippen LogP contribution < -0.4 is 4.74 Å². The number of ether oxygens (including phenoxy) is 1. The first-order chi connectivity index (χ1) is 16.2. The summed E-state index contributed by atoms with van der Waals surface area (Å²) in [5.74, 6) is -0.240. The number of fused-ring (bicyclic) bond motifs is 2. The van der Waals surface area contributed by atoms with Crippen LogP contribution in [0.25, 0.3) is 5.69 Å². The van der Waals surface area contributed by atoms with Gasteiger partial charge in [0.2, 0.25) is 5.88 Å². The molecule has 1 N–H and O–H groups in total. The van der Waals surface area contributed by atoms with Crippen LogP contribution in [0, 0.1) is 5.92 Å². The summed E-state index contributed by atoms with van der Waals surface area (Å²) >= 11 is 0. The smallest absolute Gasteiger partial charge is 0.417 e. The molecule has 8 nitrogen and oxygen atoms in total. The van der Waals surface area contributed by atoms with E-state index in [0.29, 0.717) is 24.1 Å². The van der Waals surface area contributed by atoms with Crippen molar-refractivity contribution in [3.63, 3.8) is 0 Å². The summed E-state index contributed by atoms with van der Waals surface area (Å²) in [5.41, 5.74) is 0.0254. The van der Waals surface area contributed by atoms with Gasteiger partial charge in [-0.2, -0.15) is 28.2 Å². The van der Waals surface area contributed by atoms with Gasteiger partial charge in [0.1, 0.15) is 6.10 Å². The second-order valence-corrected chi connectivity index (χ2v) is 8.62. The number of aliphatic hydroxyl groups excluding tert-OH is 1. The number of piperidine rings is 1. The number of aliphatic hydroxyl groups is 1. The number of amides is 1. The van der Waals surface area contributed by atoms with Crippen LogP contribution in [-0.4, -0.2) is 60.2 Å². The van der Waals surface area contributed by atoms with E-state index in [1.807, 2.05) is 0 Å². The van der Waals surface area contributed by atoms with Crippen molar-refractivity contribution in [3.05, 3.63) is 66.1 Å². The number of benzene rings is 1. The van der Waals surface area contributed by atoms with Gasteiger partial charge in [-0.25, -0.2) is 4.98 Å². The van der Waals surface area contributed by atoms with Crippen LogP contribution in [0.2, 0.25) is 0 Å². The number of nitrogens with zero attached hydrogens (tertiary/aromatic N) is 5. The maximum Gasteiger partial charge on any atom is 0.417 e. The van der Waals surface area contributed by atoms with E-state index in [0.717, 1.165) is 12.3 Å². The summed E-state index contributed by atoms with van der Waals surface area (Å²) in [7, 11) is 0. The Bertz CT molecular complexity index is 1170. The standard InChI is InChI=1S/C23H22F3N5O3/c1-13(32)21-14-10-18(19(11-14)34-20-7-6-15(12-27-20)23(24,25)26)30(21)22(33)16-4-2-3-5-17(16)31-28-8-9-29-31/h2-9,12-14,18-19,21,32H,10-11H2,1H3/t13?,14-,18+,19-,21-/m1/s1. The highest BCUT2D eigenvalue weighted by molar-refractivity contribution is 5.98. The third-order valence-electron chi connectivity index (χ3n) is 6.50. The highest BCUT2D eigenvalue weighted by Crippen LogP contribution is 2.46. The van der Waals surface area contributed by atoms with Gasteiger partial charge in [0.15, 0.2) is 0 Å². The predicted octanol–water partition coefficient (Wildman–Crippen LogP) is 3.11. The summed E-state index contributed by atoms with van der Waals surface area (Å²) in [4.78, 5) is 20.6. The number of carbonyl (C=O) groups is 1. The molecular formula is C23H22F3N5O3. The van der Waals surface area contributed by atoms with Gasteiger partial charge >= 0.3 is 6.18 Å². The molecule has 11 heteroatoms. The van der Waals surface area contributed by atoms with E-state index in [1.54, 1.807) is 36.1 Å². The first-order valence-corrected chi connectivity index (χ1v) is 10.9. The number of halogens is 3. The van der Waals surface area contributed by atoms with E-state index >= 15 is 0 Å². The van der Waals surface area contributed by atoms with Crippen molar-refractivity contribution in [3.8, 4) is 11.6 Å². The molecule has 2 fully saturated rings. The number of alkyl halides is 3. The Morgan fingerprint density at radius 3 is 2.53 bits per heavy atom. The maximum absolute atomic E-state index is 13.8. The van der Waals surface area contributed by atoms with Crippen molar-refractivity contribution in [1.82, 2.24) is 24.9 Å². The van der Waals surface area contributed by atoms with Crippen molar-refractivity contribution in [2.75, 3.05) is 0 Å². The number of rotatable bonds is 5. The molecule has 1 saturated heterocycles. The molecule has 1 aliphatic heterocycles. The van der Waals surface area contributed by atoms with Gasteiger partial charge < -0.3 is 14.7 Å². The lowest BCUT2D eigenvalue weighted by molar-refractivity contribution is -0.137. The molecule has 34 heavy (non-hydrogen) atoms. The molecule has 2 aliphatic rings. The minimum Gasteiger partial charge on any atom is -0.472 e. The van der Waals surface area contributed by atoms with Gasteiger partial charge in [-0.3, -0.25) is 4.79 Å². The molecule has 2 bridgehead atoms. The van der Waals surface area contributed by atoms with Gasteiger partial charge in [-0.1, -0.05) is 12.1 Å². The Morgan fingerprint density at radius 1 is 1.15 bits per heavy atom. The van der Waals surface area contributed by atoms with Crippen LogP contribution in [0.1, 0.15) is 35.7 Å².